The zero-order valence-electron chi connectivity index (χ0n) is 12.3. The Bertz CT molecular complexity index is 618. The van der Waals surface area contributed by atoms with Crippen molar-refractivity contribution in [2.75, 3.05) is 5.32 Å². The molecule has 1 fully saturated rings. The molecule has 0 atom stereocenters. The van der Waals surface area contributed by atoms with Crippen molar-refractivity contribution in [2.24, 2.45) is 11.1 Å². The lowest BCUT2D eigenvalue weighted by Crippen LogP contribution is -2.23. The highest BCUT2D eigenvalue weighted by molar-refractivity contribution is 7.89. The molecule has 1 aromatic carbocycles. The van der Waals surface area contributed by atoms with E-state index in [2.05, 4.69) is 5.32 Å². The van der Waals surface area contributed by atoms with Crippen molar-refractivity contribution in [2.45, 2.75) is 50.3 Å². The van der Waals surface area contributed by atoms with Gasteiger partial charge in [0.2, 0.25) is 15.9 Å². The summed E-state index contributed by atoms with van der Waals surface area (Å²) in [6.45, 7) is 1.66. The molecule has 2 rings (SSSR count). The molecule has 1 amide bonds. The van der Waals surface area contributed by atoms with Crippen LogP contribution in [0.4, 0.5) is 5.69 Å². The minimum Gasteiger partial charge on any atom is -0.326 e. The minimum absolute atomic E-state index is 0.0186. The molecule has 0 radical (unpaired) electrons. The normalized spacial score (nSPS) is 17.2. The third kappa shape index (κ3) is 4.04. The predicted molar refractivity (Wildman–Crippen MR) is 82.4 cm³/mol. The quantitative estimate of drug-likeness (QED) is 0.841. The van der Waals surface area contributed by atoms with Crippen molar-refractivity contribution >= 4 is 21.6 Å². The average Bonchev–Trinajstić information content (AvgIpc) is 2.68. The van der Waals surface area contributed by atoms with Crippen LogP contribution >= 0.6 is 0 Å². The summed E-state index contributed by atoms with van der Waals surface area (Å²) in [5.74, 6) is -0.00314. The summed E-state index contributed by atoms with van der Waals surface area (Å²) in [7, 11) is -3.77. The van der Waals surface area contributed by atoms with E-state index in [4.69, 9.17) is 5.14 Å². The Morgan fingerprint density at radius 1 is 1.19 bits per heavy atom. The molecule has 1 aromatic rings. The zero-order chi connectivity index (χ0) is 15.5. The van der Waals surface area contributed by atoms with Gasteiger partial charge in [-0.25, -0.2) is 13.6 Å². The maximum Gasteiger partial charge on any atom is 0.238 e. The average molecular weight is 310 g/mol. The number of nitrogens with two attached hydrogens (primary N) is 1. The van der Waals surface area contributed by atoms with Crippen LogP contribution in [-0.4, -0.2) is 14.3 Å². The fourth-order valence-corrected chi connectivity index (χ4v) is 3.64. The molecule has 3 N–H and O–H groups in total. The van der Waals surface area contributed by atoms with Crippen LogP contribution in [0.2, 0.25) is 0 Å². The van der Waals surface area contributed by atoms with Gasteiger partial charge in [0.1, 0.15) is 0 Å². The molecule has 1 saturated carbocycles. The molecule has 21 heavy (non-hydrogen) atoms. The van der Waals surface area contributed by atoms with Gasteiger partial charge >= 0.3 is 0 Å². The molecule has 0 heterocycles. The number of carbonyl (C=O) groups is 1. The zero-order valence-corrected chi connectivity index (χ0v) is 13.1. The second kappa shape index (κ2) is 6.58. The highest BCUT2D eigenvalue weighted by Crippen LogP contribution is 2.26. The first-order valence-electron chi connectivity index (χ1n) is 7.33. The Kier molecular flexibility index (Phi) is 5.00. The first-order valence-corrected chi connectivity index (χ1v) is 8.87. The van der Waals surface area contributed by atoms with E-state index in [1.165, 1.54) is 18.9 Å². The van der Waals surface area contributed by atoms with Gasteiger partial charge in [0.15, 0.2) is 0 Å². The van der Waals surface area contributed by atoms with Gasteiger partial charge in [0.05, 0.1) is 4.90 Å². The number of carbonyl (C=O) groups excluding carboxylic acids is 1. The molecular weight excluding hydrogens is 288 g/mol. The number of amides is 1. The van der Waals surface area contributed by atoms with Crippen molar-refractivity contribution in [3.63, 3.8) is 0 Å². The topological polar surface area (TPSA) is 89.3 Å². The van der Waals surface area contributed by atoms with Gasteiger partial charge in [-0.05, 0) is 37.5 Å². The first-order chi connectivity index (χ1) is 9.89. The molecule has 0 aliphatic heterocycles. The number of nitrogens with one attached hydrogen (secondary N) is 1. The molecule has 1 aliphatic carbocycles. The van der Waals surface area contributed by atoms with Crippen molar-refractivity contribution in [3.8, 4) is 0 Å². The number of sulfonamides is 1. The highest BCUT2D eigenvalue weighted by Gasteiger charge is 2.21. The van der Waals surface area contributed by atoms with E-state index in [0.717, 1.165) is 25.7 Å². The van der Waals surface area contributed by atoms with Crippen LogP contribution in [0.5, 0.6) is 0 Å². The molecular formula is C15H22N2O3S. The molecule has 0 unspecified atom stereocenters. The third-order valence-electron chi connectivity index (χ3n) is 4.07. The van der Waals surface area contributed by atoms with Gasteiger partial charge in [-0.1, -0.05) is 31.7 Å². The maximum atomic E-state index is 12.3. The molecule has 0 saturated heterocycles. The highest BCUT2D eigenvalue weighted by atomic mass is 32.2. The van der Waals surface area contributed by atoms with E-state index < -0.39 is 10.0 Å². The summed E-state index contributed by atoms with van der Waals surface area (Å²) >= 11 is 0. The van der Waals surface area contributed by atoms with Crippen molar-refractivity contribution < 1.29 is 13.2 Å². The predicted octanol–water partition coefficient (Wildman–Crippen LogP) is 2.55. The number of benzene rings is 1. The summed E-state index contributed by atoms with van der Waals surface area (Å²) < 4.78 is 23.0. The molecule has 1 aliphatic rings. The molecule has 0 spiro atoms. The number of hydrogen-bond acceptors (Lipinski definition) is 3. The smallest absolute Gasteiger partial charge is 0.238 e. The summed E-state index contributed by atoms with van der Waals surface area (Å²) in [5.41, 5.74) is 1.01. The lowest BCUT2D eigenvalue weighted by molar-refractivity contribution is -0.120. The Morgan fingerprint density at radius 3 is 2.38 bits per heavy atom. The molecule has 6 heteroatoms. The van der Waals surface area contributed by atoms with Crippen LogP contribution in [0.1, 0.15) is 44.1 Å². The van der Waals surface area contributed by atoms with E-state index >= 15 is 0 Å². The van der Waals surface area contributed by atoms with Gasteiger partial charge in [-0.15, -0.1) is 0 Å². The van der Waals surface area contributed by atoms with E-state index in [-0.39, 0.29) is 16.7 Å². The van der Waals surface area contributed by atoms with Crippen LogP contribution in [0.3, 0.4) is 0 Å². The lowest BCUT2D eigenvalue weighted by atomic mass is 9.99. The van der Waals surface area contributed by atoms with Crippen LogP contribution in [0.15, 0.2) is 23.1 Å². The van der Waals surface area contributed by atoms with Crippen molar-refractivity contribution in [1.29, 1.82) is 0 Å². The van der Waals surface area contributed by atoms with E-state index in [0.29, 0.717) is 11.3 Å². The molecule has 0 aromatic heterocycles. The van der Waals surface area contributed by atoms with Crippen LogP contribution in [-0.2, 0) is 14.8 Å². The Labute approximate surface area is 126 Å². The Balaban J connectivity index is 2.17. The van der Waals surface area contributed by atoms with Crippen molar-refractivity contribution in [3.05, 3.63) is 23.8 Å². The summed E-state index contributed by atoms with van der Waals surface area (Å²) in [4.78, 5) is 12.4. The fraction of sp³-hybridized carbons (Fsp3) is 0.533. The third-order valence-corrected chi connectivity index (χ3v) is 5.13. The second-order valence-corrected chi connectivity index (χ2v) is 7.18. The number of anilines is 1. The van der Waals surface area contributed by atoms with Gasteiger partial charge in [0.25, 0.3) is 0 Å². The fourth-order valence-electron chi connectivity index (χ4n) is 2.83. The Hall–Kier alpha value is -1.40. The lowest BCUT2D eigenvalue weighted by Gasteiger charge is -2.16. The summed E-state index contributed by atoms with van der Waals surface area (Å²) in [5, 5.41) is 8.04. The standard InChI is InChI=1S/C15H22N2O3S/c1-11-13(9-6-10-14(11)21(16,19)20)17-15(18)12-7-4-2-3-5-8-12/h6,9-10,12H,2-5,7-8H2,1H3,(H,17,18)(H2,16,19,20). The van der Waals surface area contributed by atoms with Gasteiger partial charge < -0.3 is 5.32 Å². The van der Waals surface area contributed by atoms with E-state index in [9.17, 15) is 13.2 Å². The minimum atomic E-state index is -3.77. The van der Waals surface area contributed by atoms with Crippen LogP contribution < -0.4 is 10.5 Å². The summed E-state index contributed by atoms with van der Waals surface area (Å²) in [6, 6.07) is 4.75. The second-order valence-electron chi connectivity index (χ2n) is 5.65. The monoisotopic (exact) mass is 310 g/mol. The maximum absolute atomic E-state index is 12.3. The van der Waals surface area contributed by atoms with E-state index in [1.54, 1.807) is 19.1 Å². The molecule has 0 bridgehead atoms. The van der Waals surface area contributed by atoms with Gasteiger partial charge in [-0.3, -0.25) is 4.79 Å². The molecule has 5 nitrogen and oxygen atoms in total. The number of rotatable bonds is 3. The summed E-state index contributed by atoms with van der Waals surface area (Å²) in [6.07, 6.45) is 6.33. The molecule has 116 valence electrons. The number of hydrogen-bond donors (Lipinski definition) is 2. The van der Waals surface area contributed by atoms with E-state index in [1.807, 2.05) is 0 Å². The largest absolute Gasteiger partial charge is 0.326 e. The van der Waals surface area contributed by atoms with Crippen molar-refractivity contribution in [1.82, 2.24) is 0 Å². The number of primary sulfonamides is 1. The first kappa shape index (κ1) is 16.0. The van der Waals surface area contributed by atoms with Gasteiger partial charge in [0, 0.05) is 11.6 Å². The van der Waals surface area contributed by atoms with Crippen LogP contribution in [0, 0.1) is 12.8 Å². The van der Waals surface area contributed by atoms with Gasteiger partial charge in [-0.2, -0.15) is 0 Å². The SMILES string of the molecule is Cc1c(NC(=O)C2CCCCCC2)cccc1S(N)(=O)=O. The Morgan fingerprint density at radius 2 is 1.81 bits per heavy atom. The van der Waals surface area contributed by atoms with Crippen LogP contribution in [0.25, 0.3) is 0 Å².